The molecule has 0 aliphatic carbocycles. The van der Waals surface area contributed by atoms with E-state index in [1.54, 1.807) is 0 Å². The van der Waals surface area contributed by atoms with Gasteiger partial charge < -0.3 is 9.47 Å². The van der Waals surface area contributed by atoms with Gasteiger partial charge in [0.05, 0.1) is 29.4 Å². The van der Waals surface area contributed by atoms with Crippen LogP contribution in [0.3, 0.4) is 0 Å². The lowest BCUT2D eigenvalue weighted by molar-refractivity contribution is -0.0696. The van der Waals surface area contributed by atoms with Gasteiger partial charge in [-0.3, -0.25) is 0 Å². The first-order chi connectivity index (χ1) is 18.1. The molecule has 2 heterocycles. The Balaban J connectivity index is 1.43. The first-order valence-electron chi connectivity index (χ1n) is 12.4. The molecular weight excluding hydrogens is 510 g/mol. The highest BCUT2D eigenvalue weighted by Crippen LogP contribution is 2.31. The monoisotopic (exact) mass is 536 g/mol. The van der Waals surface area contributed by atoms with E-state index in [1.807, 2.05) is 0 Å². The van der Waals surface area contributed by atoms with Crippen molar-refractivity contribution in [3.8, 4) is 29.0 Å². The minimum atomic E-state index is -4.95. The molecule has 0 saturated carbocycles. The quantitative estimate of drug-likeness (QED) is 0.171. The molecule has 0 radical (unpaired) electrons. The van der Waals surface area contributed by atoms with Crippen LogP contribution in [0.4, 0.5) is 26.3 Å². The largest absolute Gasteiger partial charge is 0.488 e. The van der Waals surface area contributed by atoms with Crippen molar-refractivity contribution in [1.29, 1.82) is 0 Å². The summed E-state index contributed by atoms with van der Waals surface area (Å²) in [7, 11) is 0. The molecule has 2 unspecified atom stereocenters. The van der Waals surface area contributed by atoms with Crippen molar-refractivity contribution in [2.45, 2.75) is 57.7 Å². The van der Waals surface area contributed by atoms with E-state index in [-0.39, 0.29) is 22.9 Å². The van der Waals surface area contributed by atoms with Crippen LogP contribution < -0.4 is 4.74 Å². The van der Waals surface area contributed by atoms with Crippen LogP contribution in [0.5, 0.6) is 5.75 Å². The number of unbranched alkanes of at least 4 members (excludes halogenated alkanes) is 2. The molecule has 3 aromatic rings. The fourth-order valence-electron chi connectivity index (χ4n) is 4.42. The van der Waals surface area contributed by atoms with Gasteiger partial charge in [0.1, 0.15) is 18.2 Å². The lowest BCUT2D eigenvalue weighted by Gasteiger charge is -2.29. The van der Waals surface area contributed by atoms with Crippen LogP contribution in [0.15, 0.2) is 30.6 Å². The van der Waals surface area contributed by atoms with Gasteiger partial charge in [-0.2, -0.15) is 13.2 Å². The smallest absolute Gasteiger partial charge is 0.458 e. The molecule has 4 rings (SSSR count). The van der Waals surface area contributed by atoms with Gasteiger partial charge in [0, 0.05) is 18.1 Å². The van der Waals surface area contributed by atoms with Gasteiger partial charge in [-0.05, 0) is 48.8 Å². The van der Waals surface area contributed by atoms with E-state index in [1.165, 1.54) is 50.1 Å². The first-order valence-corrected chi connectivity index (χ1v) is 12.4. The Labute approximate surface area is 216 Å². The number of nitrogens with zero attached hydrogens (tertiary/aromatic N) is 2. The normalized spacial score (nSPS) is 17.8. The molecule has 0 N–H and O–H groups in total. The average Bonchev–Trinajstić information content (AvgIpc) is 2.87. The Morgan fingerprint density at radius 1 is 1.03 bits per heavy atom. The summed E-state index contributed by atoms with van der Waals surface area (Å²) >= 11 is 0. The molecule has 1 fully saturated rings. The highest BCUT2D eigenvalue weighted by atomic mass is 19.4. The van der Waals surface area contributed by atoms with Crippen molar-refractivity contribution < 1.29 is 35.8 Å². The molecule has 1 aliphatic rings. The number of hydrogen-bond acceptors (Lipinski definition) is 4. The zero-order chi connectivity index (χ0) is 27.3. The van der Waals surface area contributed by atoms with Crippen LogP contribution in [0.25, 0.3) is 22.2 Å². The van der Waals surface area contributed by atoms with Gasteiger partial charge in [-0.1, -0.05) is 32.1 Å². The Hall–Kier alpha value is -3.32. The summed E-state index contributed by atoms with van der Waals surface area (Å²) in [4.78, 5) is 8.31. The predicted octanol–water partition coefficient (Wildman–Crippen LogP) is 7.38. The third-order valence-corrected chi connectivity index (χ3v) is 6.41. The molecule has 0 bridgehead atoms. The van der Waals surface area contributed by atoms with E-state index in [9.17, 15) is 26.3 Å². The Morgan fingerprint density at radius 2 is 1.79 bits per heavy atom. The van der Waals surface area contributed by atoms with E-state index < -0.39 is 34.6 Å². The van der Waals surface area contributed by atoms with Gasteiger partial charge in [-0.15, -0.1) is 0 Å². The van der Waals surface area contributed by atoms with Gasteiger partial charge in [0.15, 0.2) is 17.4 Å². The highest BCUT2D eigenvalue weighted by Gasteiger charge is 2.25. The highest BCUT2D eigenvalue weighted by molar-refractivity contribution is 5.89. The Bertz CT molecular complexity index is 1320. The fraction of sp³-hybridized carbons (Fsp3) is 0.429. The van der Waals surface area contributed by atoms with Crippen LogP contribution in [-0.2, 0) is 4.74 Å². The molecule has 0 spiro atoms. The summed E-state index contributed by atoms with van der Waals surface area (Å²) in [6.07, 6.45) is 4.65. The molecule has 2 atom stereocenters. The topological polar surface area (TPSA) is 44.2 Å². The maximum Gasteiger partial charge on any atom is 0.458 e. The molecular formula is C28H26F6N2O2. The second-order valence-electron chi connectivity index (χ2n) is 9.30. The van der Waals surface area contributed by atoms with Gasteiger partial charge in [0.25, 0.3) is 0 Å². The van der Waals surface area contributed by atoms with Crippen LogP contribution >= 0.6 is 0 Å². The molecule has 1 aromatic heterocycles. The standard InChI is InChI=1S/C28H26F6N2O2/c1-2-3-4-5-17-6-7-20(37-15-17)16-38-21-13-35-27(36-14-21)19-10-18-11-23(29)22(8-9-28(32,33)34)26(31)25(18)24(30)12-19/h10-14,17,20H,2-7,15-16H2,1H3. The van der Waals surface area contributed by atoms with Crippen molar-refractivity contribution >= 4 is 10.8 Å². The third-order valence-electron chi connectivity index (χ3n) is 6.41. The Kier molecular flexibility index (Phi) is 8.77. The summed E-state index contributed by atoms with van der Waals surface area (Å²) in [5, 5.41) is -0.888. The first kappa shape index (κ1) is 27.7. The molecule has 10 heteroatoms. The number of halogens is 6. The number of alkyl halides is 3. The maximum atomic E-state index is 14.8. The fourth-order valence-corrected chi connectivity index (χ4v) is 4.42. The van der Waals surface area contributed by atoms with E-state index in [4.69, 9.17) is 9.47 Å². The molecule has 1 aliphatic heterocycles. The second kappa shape index (κ2) is 12.0. The van der Waals surface area contributed by atoms with Crippen LogP contribution in [0, 0.1) is 35.2 Å². The zero-order valence-electron chi connectivity index (χ0n) is 20.7. The van der Waals surface area contributed by atoms with E-state index >= 15 is 0 Å². The summed E-state index contributed by atoms with van der Waals surface area (Å²) in [5.41, 5.74) is -1.03. The van der Waals surface area contributed by atoms with Crippen molar-refractivity contribution in [2.75, 3.05) is 13.2 Å². The van der Waals surface area contributed by atoms with Crippen LogP contribution in [-0.4, -0.2) is 35.5 Å². The average molecular weight is 537 g/mol. The lowest BCUT2D eigenvalue weighted by atomic mass is 9.93. The Morgan fingerprint density at radius 3 is 2.45 bits per heavy atom. The van der Waals surface area contributed by atoms with Crippen molar-refractivity contribution in [2.24, 2.45) is 5.92 Å². The number of fused-ring (bicyclic) bond motifs is 1. The summed E-state index contributed by atoms with van der Waals surface area (Å²) < 4.78 is 92.5. The zero-order valence-corrected chi connectivity index (χ0v) is 20.7. The van der Waals surface area contributed by atoms with Crippen LogP contribution in [0.2, 0.25) is 0 Å². The summed E-state index contributed by atoms with van der Waals surface area (Å²) in [5.74, 6) is -0.727. The molecule has 202 valence electrons. The van der Waals surface area contributed by atoms with Crippen molar-refractivity contribution in [3.05, 3.63) is 53.6 Å². The number of rotatable bonds is 8. The number of hydrogen-bond donors (Lipinski definition) is 0. The van der Waals surface area contributed by atoms with Gasteiger partial charge >= 0.3 is 6.18 Å². The van der Waals surface area contributed by atoms with Crippen LogP contribution in [0.1, 0.15) is 51.0 Å². The van der Waals surface area contributed by atoms with Gasteiger partial charge in [-0.25, -0.2) is 23.1 Å². The van der Waals surface area contributed by atoms with Crippen molar-refractivity contribution in [3.63, 3.8) is 0 Å². The van der Waals surface area contributed by atoms with E-state index in [2.05, 4.69) is 16.9 Å². The summed E-state index contributed by atoms with van der Waals surface area (Å²) in [6, 6.07) is 2.89. The lowest BCUT2D eigenvalue weighted by Crippen LogP contribution is -2.30. The molecule has 1 saturated heterocycles. The SMILES string of the molecule is CCCCCC1CCC(COc2cnc(-c3cc(F)c4c(F)c(C#CC(F)(F)F)c(F)cc4c3)nc2)OC1. The number of aromatic nitrogens is 2. The maximum absolute atomic E-state index is 14.8. The molecule has 38 heavy (non-hydrogen) atoms. The third kappa shape index (κ3) is 6.95. The van der Waals surface area contributed by atoms with Gasteiger partial charge in [0.2, 0.25) is 0 Å². The molecule has 2 aromatic carbocycles. The minimum absolute atomic E-state index is 0.0257. The number of ether oxygens (including phenoxy) is 2. The second-order valence-corrected chi connectivity index (χ2v) is 9.30. The molecule has 0 amide bonds. The van der Waals surface area contributed by atoms with E-state index in [0.29, 0.717) is 18.3 Å². The van der Waals surface area contributed by atoms with Crippen molar-refractivity contribution in [1.82, 2.24) is 9.97 Å². The van der Waals surface area contributed by atoms with E-state index in [0.717, 1.165) is 37.5 Å². The summed E-state index contributed by atoms with van der Waals surface area (Å²) in [6.45, 7) is 3.24. The predicted molar refractivity (Wildman–Crippen MR) is 130 cm³/mol. The minimum Gasteiger partial charge on any atom is -0.488 e. The number of benzene rings is 2. The molecule has 4 nitrogen and oxygen atoms in total.